The average Bonchev–Trinajstić information content (AvgIpc) is 2.99. The van der Waals surface area contributed by atoms with E-state index in [-0.39, 0.29) is 24.4 Å². The zero-order valence-corrected chi connectivity index (χ0v) is 25.9. The van der Waals surface area contributed by atoms with Crippen molar-refractivity contribution in [2.75, 3.05) is 11.5 Å². The summed E-state index contributed by atoms with van der Waals surface area (Å²) in [6.07, 6.45) is -0.613. The van der Waals surface area contributed by atoms with Crippen LogP contribution in [-0.4, -0.2) is 27.2 Å². The lowest BCUT2D eigenvalue weighted by Crippen LogP contribution is -2.42. The van der Waals surface area contributed by atoms with Crippen molar-refractivity contribution in [3.05, 3.63) is 131 Å². The SMILES string of the molecule is CC(COS(=O)(=O)Cc1ccccc1)N(C(=O)OCc1ccccc1)c1ccc(OCc2ccccc2)c(C(C)(C)C)c1. The molecule has 0 aliphatic carbocycles. The summed E-state index contributed by atoms with van der Waals surface area (Å²) >= 11 is 0. The summed E-state index contributed by atoms with van der Waals surface area (Å²) in [5, 5.41) is 0. The zero-order chi connectivity index (χ0) is 30.9. The standard InChI is InChI=1S/C35H39NO6S/c1-27(23-42-43(38,39)26-30-18-12-7-13-19-30)36(34(37)41-25-29-16-10-6-11-17-29)31-20-21-33(32(22-31)35(2,3)4)40-24-28-14-8-5-9-15-28/h5-22,27H,23-26H2,1-4H3. The van der Waals surface area contributed by atoms with Gasteiger partial charge in [-0.1, -0.05) is 112 Å². The Bertz CT molecular complexity index is 1570. The minimum absolute atomic E-state index is 0.0699. The highest BCUT2D eigenvalue weighted by atomic mass is 32.2. The lowest BCUT2D eigenvalue weighted by atomic mass is 9.86. The fourth-order valence-corrected chi connectivity index (χ4v) is 5.63. The number of rotatable bonds is 12. The molecule has 4 aromatic carbocycles. The minimum atomic E-state index is -3.90. The van der Waals surface area contributed by atoms with E-state index < -0.39 is 22.3 Å². The Kier molecular flexibility index (Phi) is 10.6. The molecule has 0 bridgehead atoms. The molecule has 0 saturated heterocycles. The number of carbonyl (C=O) groups is 1. The third kappa shape index (κ3) is 9.43. The second-order valence-electron chi connectivity index (χ2n) is 11.4. The molecule has 0 radical (unpaired) electrons. The van der Waals surface area contributed by atoms with Crippen LogP contribution in [0.25, 0.3) is 0 Å². The molecule has 0 aliphatic rings. The molecule has 7 nitrogen and oxygen atoms in total. The van der Waals surface area contributed by atoms with Gasteiger partial charge in [0.1, 0.15) is 24.7 Å². The van der Waals surface area contributed by atoms with Crippen LogP contribution in [0.15, 0.2) is 109 Å². The van der Waals surface area contributed by atoms with Crippen molar-refractivity contribution in [2.45, 2.75) is 58.1 Å². The number of ether oxygens (including phenoxy) is 2. The molecule has 8 heteroatoms. The maximum Gasteiger partial charge on any atom is 0.414 e. The molecule has 4 rings (SSSR count). The van der Waals surface area contributed by atoms with E-state index in [0.29, 0.717) is 23.6 Å². The van der Waals surface area contributed by atoms with E-state index in [4.69, 9.17) is 13.7 Å². The van der Waals surface area contributed by atoms with Crippen molar-refractivity contribution in [2.24, 2.45) is 0 Å². The van der Waals surface area contributed by atoms with Gasteiger partial charge in [-0.15, -0.1) is 0 Å². The van der Waals surface area contributed by atoms with Crippen LogP contribution in [0.5, 0.6) is 5.75 Å². The number of amides is 1. The minimum Gasteiger partial charge on any atom is -0.489 e. The molecular formula is C35H39NO6S. The molecule has 0 heterocycles. The molecule has 1 amide bonds. The van der Waals surface area contributed by atoms with Crippen molar-refractivity contribution in [3.8, 4) is 5.75 Å². The number of benzene rings is 4. The van der Waals surface area contributed by atoms with Crippen LogP contribution in [0.3, 0.4) is 0 Å². The van der Waals surface area contributed by atoms with Crippen LogP contribution >= 0.6 is 0 Å². The highest BCUT2D eigenvalue weighted by molar-refractivity contribution is 7.85. The second kappa shape index (κ2) is 14.4. The van der Waals surface area contributed by atoms with Crippen LogP contribution in [-0.2, 0) is 43.4 Å². The van der Waals surface area contributed by atoms with Gasteiger partial charge in [0.15, 0.2) is 0 Å². The number of hydrogen-bond acceptors (Lipinski definition) is 6. The quantitative estimate of drug-likeness (QED) is 0.155. The Morgan fingerprint density at radius 3 is 1.86 bits per heavy atom. The van der Waals surface area contributed by atoms with E-state index >= 15 is 0 Å². The first kappa shape index (κ1) is 31.8. The third-order valence-corrected chi connectivity index (χ3v) is 7.99. The first-order valence-corrected chi connectivity index (χ1v) is 15.8. The molecule has 0 fully saturated rings. The van der Waals surface area contributed by atoms with E-state index in [1.807, 2.05) is 78.9 Å². The molecule has 0 aliphatic heterocycles. The molecule has 1 atom stereocenters. The van der Waals surface area contributed by atoms with Gasteiger partial charge < -0.3 is 9.47 Å². The lowest BCUT2D eigenvalue weighted by molar-refractivity contribution is 0.142. The Morgan fingerprint density at radius 1 is 0.767 bits per heavy atom. The molecule has 0 aromatic heterocycles. The molecule has 1 unspecified atom stereocenters. The molecule has 43 heavy (non-hydrogen) atoms. The van der Waals surface area contributed by atoms with E-state index in [2.05, 4.69) is 20.8 Å². The van der Waals surface area contributed by atoms with Crippen molar-refractivity contribution in [1.82, 2.24) is 0 Å². The fourth-order valence-electron chi connectivity index (χ4n) is 4.54. The summed E-state index contributed by atoms with van der Waals surface area (Å²) in [6.45, 7) is 8.17. The summed E-state index contributed by atoms with van der Waals surface area (Å²) in [5.41, 5.74) is 3.62. The second-order valence-corrected chi connectivity index (χ2v) is 13.1. The molecule has 0 spiro atoms. The Morgan fingerprint density at radius 2 is 1.30 bits per heavy atom. The molecular weight excluding hydrogens is 562 g/mol. The van der Waals surface area contributed by atoms with E-state index in [9.17, 15) is 13.2 Å². The highest BCUT2D eigenvalue weighted by Crippen LogP contribution is 2.36. The number of anilines is 1. The Labute approximate surface area is 255 Å². The van der Waals surface area contributed by atoms with E-state index in [1.165, 1.54) is 4.90 Å². The van der Waals surface area contributed by atoms with Crippen LogP contribution < -0.4 is 9.64 Å². The summed E-state index contributed by atoms with van der Waals surface area (Å²) in [6, 6.07) is 33.0. The van der Waals surface area contributed by atoms with Crippen LogP contribution in [0, 0.1) is 0 Å². The third-order valence-electron chi connectivity index (χ3n) is 6.80. The van der Waals surface area contributed by atoms with Crippen molar-refractivity contribution < 1.29 is 26.9 Å². The Balaban J connectivity index is 1.59. The van der Waals surface area contributed by atoms with Gasteiger partial charge >= 0.3 is 6.09 Å². The molecule has 0 saturated carbocycles. The van der Waals surface area contributed by atoms with Crippen LogP contribution in [0.1, 0.15) is 49.9 Å². The maximum atomic E-state index is 13.6. The summed E-state index contributed by atoms with van der Waals surface area (Å²) in [7, 11) is -3.90. The monoisotopic (exact) mass is 601 g/mol. The molecule has 226 valence electrons. The first-order valence-electron chi connectivity index (χ1n) is 14.2. The maximum absolute atomic E-state index is 13.6. The Hall–Kier alpha value is -4.14. The number of nitrogens with zero attached hydrogens (tertiary/aromatic N) is 1. The van der Waals surface area contributed by atoms with Gasteiger partial charge in [0.25, 0.3) is 10.1 Å². The van der Waals surface area contributed by atoms with Gasteiger partial charge in [-0.25, -0.2) is 4.79 Å². The van der Waals surface area contributed by atoms with Gasteiger partial charge in [0.2, 0.25) is 0 Å². The van der Waals surface area contributed by atoms with Gasteiger partial charge in [-0.2, -0.15) is 8.42 Å². The largest absolute Gasteiger partial charge is 0.489 e. The summed E-state index contributed by atoms with van der Waals surface area (Å²) in [5.74, 6) is 0.438. The summed E-state index contributed by atoms with van der Waals surface area (Å²) < 4.78 is 42.9. The van der Waals surface area contributed by atoms with E-state index in [0.717, 1.165) is 16.7 Å². The van der Waals surface area contributed by atoms with E-state index in [1.54, 1.807) is 37.3 Å². The average molecular weight is 602 g/mol. The normalized spacial score (nSPS) is 12.4. The zero-order valence-electron chi connectivity index (χ0n) is 25.1. The lowest BCUT2D eigenvalue weighted by Gasteiger charge is -2.31. The fraction of sp³-hybridized carbons (Fsp3) is 0.286. The van der Waals surface area contributed by atoms with Crippen LogP contribution in [0.2, 0.25) is 0 Å². The number of hydrogen-bond donors (Lipinski definition) is 0. The summed E-state index contributed by atoms with van der Waals surface area (Å²) in [4.78, 5) is 15.0. The smallest absolute Gasteiger partial charge is 0.414 e. The van der Waals surface area contributed by atoms with Crippen molar-refractivity contribution in [3.63, 3.8) is 0 Å². The van der Waals surface area contributed by atoms with Gasteiger partial charge in [-0.05, 0) is 47.2 Å². The highest BCUT2D eigenvalue weighted by Gasteiger charge is 2.29. The van der Waals surface area contributed by atoms with Crippen molar-refractivity contribution >= 4 is 21.9 Å². The van der Waals surface area contributed by atoms with Gasteiger partial charge in [0, 0.05) is 11.3 Å². The first-order chi connectivity index (χ1) is 20.5. The predicted octanol–water partition coefficient (Wildman–Crippen LogP) is 7.64. The predicted molar refractivity (Wildman–Crippen MR) is 170 cm³/mol. The van der Waals surface area contributed by atoms with Gasteiger partial charge in [0.05, 0.1) is 12.6 Å². The van der Waals surface area contributed by atoms with Crippen LogP contribution in [0.4, 0.5) is 10.5 Å². The molecule has 0 N–H and O–H groups in total. The van der Waals surface area contributed by atoms with Crippen molar-refractivity contribution in [1.29, 1.82) is 0 Å². The topological polar surface area (TPSA) is 82.1 Å². The molecule has 4 aromatic rings. The van der Waals surface area contributed by atoms with Gasteiger partial charge in [-0.3, -0.25) is 9.08 Å². The number of carbonyl (C=O) groups excluding carboxylic acids is 1.